The third-order valence-electron chi connectivity index (χ3n) is 2.53. The molecule has 0 aliphatic heterocycles. The van der Waals surface area contributed by atoms with Crippen LogP contribution >= 0.6 is 23.4 Å². The fourth-order valence-corrected chi connectivity index (χ4v) is 2.30. The molecule has 1 aromatic heterocycles. The first-order chi connectivity index (χ1) is 9.08. The summed E-state index contributed by atoms with van der Waals surface area (Å²) in [6.07, 6.45) is 2.01. The second-order valence-corrected chi connectivity index (χ2v) is 5.27. The Bertz CT molecular complexity index is 579. The third-order valence-corrected chi connectivity index (χ3v) is 3.47. The first-order valence-corrected chi connectivity index (χ1v) is 7.28. The van der Waals surface area contributed by atoms with Gasteiger partial charge in [0.2, 0.25) is 0 Å². The van der Waals surface area contributed by atoms with E-state index in [1.807, 2.05) is 30.5 Å². The summed E-state index contributed by atoms with van der Waals surface area (Å²) in [7, 11) is 0. The molecule has 5 heteroatoms. The van der Waals surface area contributed by atoms with Crippen LogP contribution in [-0.4, -0.2) is 17.1 Å². The predicted molar refractivity (Wildman–Crippen MR) is 80.2 cm³/mol. The van der Waals surface area contributed by atoms with Gasteiger partial charge in [-0.05, 0) is 49.6 Å². The minimum Gasteiger partial charge on any atom is -0.322 e. The molecule has 0 bridgehead atoms. The SMILES string of the molecule is CSc1ccc(NC(=O)c2cc(C)nc(Cl)c2)cc1. The number of halogens is 1. The van der Waals surface area contributed by atoms with Crippen LogP contribution in [0.15, 0.2) is 41.3 Å². The van der Waals surface area contributed by atoms with Gasteiger partial charge in [0.25, 0.3) is 5.91 Å². The molecule has 19 heavy (non-hydrogen) atoms. The van der Waals surface area contributed by atoms with E-state index in [1.54, 1.807) is 30.8 Å². The molecular weight excluding hydrogens is 280 g/mol. The highest BCUT2D eigenvalue weighted by Crippen LogP contribution is 2.18. The molecule has 0 saturated carbocycles. The quantitative estimate of drug-likeness (QED) is 0.686. The minimum atomic E-state index is -0.190. The first kappa shape index (κ1) is 13.9. The molecule has 2 rings (SSSR count). The maximum atomic E-state index is 12.1. The van der Waals surface area contributed by atoms with Crippen LogP contribution in [0.4, 0.5) is 5.69 Å². The maximum Gasteiger partial charge on any atom is 0.255 e. The molecule has 0 atom stereocenters. The molecule has 3 nitrogen and oxygen atoms in total. The number of amides is 1. The van der Waals surface area contributed by atoms with Crippen LogP contribution in [-0.2, 0) is 0 Å². The van der Waals surface area contributed by atoms with Gasteiger partial charge >= 0.3 is 0 Å². The molecule has 0 radical (unpaired) electrons. The summed E-state index contributed by atoms with van der Waals surface area (Å²) in [4.78, 5) is 17.3. The summed E-state index contributed by atoms with van der Waals surface area (Å²) in [6.45, 7) is 1.80. The zero-order valence-electron chi connectivity index (χ0n) is 10.6. The van der Waals surface area contributed by atoms with Gasteiger partial charge in [-0.3, -0.25) is 4.79 Å². The lowest BCUT2D eigenvalue weighted by atomic mass is 10.2. The highest BCUT2D eigenvalue weighted by Gasteiger charge is 2.08. The van der Waals surface area contributed by atoms with Crippen molar-refractivity contribution >= 4 is 35.0 Å². The van der Waals surface area contributed by atoms with E-state index in [-0.39, 0.29) is 5.91 Å². The van der Waals surface area contributed by atoms with Gasteiger partial charge in [-0.15, -0.1) is 11.8 Å². The van der Waals surface area contributed by atoms with Crippen molar-refractivity contribution in [2.45, 2.75) is 11.8 Å². The maximum absolute atomic E-state index is 12.1. The zero-order valence-corrected chi connectivity index (χ0v) is 12.2. The number of carbonyl (C=O) groups is 1. The van der Waals surface area contributed by atoms with Crippen molar-refractivity contribution in [2.24, 2.45) is 0 Å². The van der Waals surface area contributed by atoms with Gasteiger partial charge in [-0.1, -0.05) is 11.6 Å². The van der Waals surface area contributed by atoms with Crippen LogP contribution in [0.3, 0.4) is 0 Å². The lowest BCUT2D eigenvalue weighted by Crippen LogP contribution is -2.12. The summed E-state index contributed by atoms with van der Waals surface area (Å²) < 4.78 is 0. The van der Waals surface area contributed by atoms with E-state index in [4.69, 9.17) is 11.6 Å². The molecule has 0 aliphatic rings. The van der Waals surface area contributed by atoms with Gasteiger partial charge in [-0.2, -0.15) is 0 Å². The van der Waals surface area contributed by atoms with E-state index in [0.29, 0.717) is 10.7 Å². The van der Waals surface area contributed by atoms with Crippen molar-refractivity contribution in [2.75, 3.05) is 11.6 Å². The van der Waals surface area contributed by atoms with Gasteiger partial charge in [0.15, 0.2) is 0 Å². The molecule has 0 unspecified atom stereocenters. The molecule has 2 aromatic rings. The number of nitrogens with one attached hydrogen (secondary N) is 1. The fraction of sp³-hybridized carbons (Fsp3) is 0.143. The Morgan fingerprint density at radius 1 is 1.26 bits per heavy atom. The van der Waals surface area contributed by atoms with E-state index in [1.165, 1.54) is 0 Å². The van der Waals surface area contributed by atoms with Gasteiger partial charge in [0, 0.05) is 21.8 Å². The van der Waals surface area contributed by atoms with Crippen molar-refractivity contribution in [3.63, 3.8) is 0 Å². The van der Waals surface area contributed by atoms with Crippen LogP contribution in [0.1, 0.15) is 16.1 Å². The number of aryl methyl sites for hydroxylation is 1. The lowest BCUT2D eigenvalue weighted by Gasteiger charge is -2.07. The number of carbonyl (C=O) groups excluding carboxylic acids is 1. The Morgan fingerprint density at radius 3 is 2.53 bits per heavy atom. The number of rotatable bonds is 3. The smallest absolute Gasteiger partial charge is 0.255 e. The van der Waals surface area contributed by atoms with Crippen LogP contribution in [0.2, 0.25) is 5.15 Å². The summed E-state index contributed by atoms with van der Waals surface area (Å²) in [5.41, 5.74) is 1.98. The molecule has 0 spiro atoms. The average Bonchev–Trinajstić information content (AvgIpc) is 2.38. The van der Waals surface area contributed by atoms with Crippen LogP contribution in [0, 0.1) is 6.92 Å². The number of aromatic nitrogens is 1. The van der Waals surface area contributed by atoms with Crippen LogP contribution < -0.4 is 5.32 Å². The molecule has 1 N–H and O–H groups in total. The summed E-state index contributed by atoms with van der Waals surface area (Å²) in [6, 6.07) is 10.9. The predicted octanol–water partition coefficient (Wildman–Crippen LogP) is 4.02. The summed E-state index contributed by atoms with van der Waals surface area (Å²) in [5, 5.41) is 3.15. The fourth-order valence-electron chi connectivity index (χ4n) is 1.64. The van der Waals surface area contributed by atoms with Crippen LogP contribution in [0.25, 0.3) is 0 Å². The van der Waals surface area contributed by atoms with Crippen molar-refractivity contribution in [1.29, 1.82) is 0 Å². The number of hydrogen-bond acceptors (Lipinski definition) is 3. The lowest BCUT2D eigenvalue weighted by molar-refractivity contribution is 0.102. The molecule has 1 heterocycles. The highest BCUT2D eigenvalue weighted by molar-refractivity contribution is 7.98. The van der Waals surface area contributed by atoms with E-state index in [2.05, 4.69) is 10.3 Å². The molecule has 1 aromatic carbocycles. The first-order valence-electron chi connectivity index (χ1n) is 5.68. The Hall–Kier alpha value is -1.52. The molecule has 0 fully saturated rings. The van der Waals surface area contributed by atoms with E-state index < -0.39 is 0 Å². The largest absolute Gasteiger partial charge is 0.322 e. The van der Waals surface area contributed by atoms with Gasteiger partial charge in [0.1, 0.15) is 5.15 Å². The van der Waals surface area contributed by atoms with Gasteiger partial charge < -0.3 is 5.32 Å². The van der Waals surface area contributed by atoms with Gasteiger partial charge in [-0.25, -0.2) is 4.98 Å². The number of nitrogens with zero attached hydrogens (tertiary/aromatic N) is 1. The molecule has 0 saturated heterocycles. The molecule has 0 aliphatic carbocycles. The van der Waals surface area contributed by atoms with E-state index >= 15 is 0 Å². The molecule has 98 valence electrons. The normalized spacial score (nSPS) is 10.3. The van der Waals surface area contributed by atoms with Crippen molar-refractivity contribution in [3.8, 4) is 0 Å². The number of hydrogen-bond donors (Lipinski definition) is 1. The Kier molecular flexibility index (Phi) is 4.45. The minimum absolute atomic E-state index is 0.190. The number of benzene rings is 1. The number of pyridine rings is 1. The molecular formula is C14H13ClN2OS. The Labute approximate surface area is 121 Å². The topological polar surface area (TPSA) is 42.0 Å². The second-order valence-electron chi connectivity index (χ2n) is 4.00. The third kappa shape index (κ3) is 3.72. The second kappa shape index (κ2) is 6.08. The monoisotopic (exact) mass is 292 g/mol. The standard InChI is InChI=1S/C14H13ClN2OS/c1-9-7-10(8-13(15)16-9)14(18)17-11-3-5-12(19-2)6-4-11/h3-8H,1-2H3,(H,17,18). The van der Waals surface area contributed by atoms with Crippen molar-refractivity contribution < 1.29 is 4.79 Å². The number of anilines is 1. The zero-order chi connectivity index (χ0) is 13.8. The van der Waals surface area contributed by atoms with E-state index in [9.17, 15) is 4.79 Å². The summed E-state index contributed by atoms with van der Waals surface area (Å²) in [5.74, 6) is -0.190. The van der Waals surface area contributed by atoms with E-state index in [0.717, 1.165) is 16.3 Å². The van der Waals surface area contributed by atoms with Crippen LogP contribution in [0.5, 0.6) is 0 Å². The highest BCUT2D eigenvalue weighted by atomic mass is 35.5. The average molecular weight is 293 g/mol. The Morgan fingerprint density at radius 2 is 1.95 bits per heavy atom. The molecule has 1 amide bonds. The van der Waals surface area contributed by atoms with Gasteiger partial charge in [0.05, 0.1) is 0 Å². The summed E-state index contributed by atoms with van der Waals surface area (Å²) >= 11 is 7.50. The Balaban J connectivity index is 2.15. The van der Waals surface area contributed by atoms with Crippen molar-refractivity contribution in [3.05, 3.63) is 52.8 Å². The van der Waals surface area contributed by atoms with Crippen molar-refractivity contribution in [1.82, 2.24) is 4.98 Å². The number of thioether (sulfide) groups is 1.